The first kappa shape index (κ1) is 15.5. The first-order valence-electron chi connectivity index (χ1n) is 7.38. The number of rotatable bonds is 7. The van der Waals surface area contributed by atoms with Crippen molar-refractivity contribution in [2.45, 2.75) is 32.9 Å². The molecule has 0 aromatic heterocycles. The van der Waals surface area contributed by atoms with Crippen molar-refractivity contribution in [3.63, 3.8) is 0 Å². The van der Waals surface area contributed by atoms with Gasteiger partial charge in [0.25, 0.3) is 0 Å². The Labute approximate surface area is 126 Å². The van der Waals surface area contributed by atoms with E-state index in [-0.39, 0.29) is 6.61 Å². The Bertz CT molecular complexity index is 567. The lowest BCUT2D eigenvalue weighted by atomic mass is 10.1. The summed E-state index contributed by atoms with van der Waals surface area (Å²) in [6.07, 6.45) is 0.600. The maximum atomic E-state index is 9.14. The Morgan fingerprint density at radius 1 is 0.952 bits per heavy atom. The molecule has 2 aromatic rings. The van der Waals surface area contributed by atoms with E-state index < -0.39 is 0 Å². The summed E-state index contributed by atoms with van der Waals surface area (Å²) in [5.41, 5.74) is 2.15. The van der Waals surface area contributed by atoms with Gasteiger partial charge in [-0.1, -0.05) is 50.2 Å². The van der Waals surface area contributed by atoms with E-state index in [1.807, 2.05) is 42.5 Å². The van der Waals surface area contributed by atoms with Crippen LogP contribution in [0.4, 0.5) is 0 Å². The number of aliphatic hydroxyl groups excluding tert-OH is 1. The van der Waals surface area contributed by atoms with Crippen molar-refractivity contribution in [1.29, 1.82) is 0 Å². The summed E-state index contributed by atoms with van der Waals surface area (Å²) in [6.45, 7) is 5.15. The third-order valence-corrected chi connectivity index (χ3v) is 3.25. The molecule has 0 unspecified atom stereocenters. The molecule has 112 valence electrons. The second-order valence-electron chi connectivity index (χ2n) is 5.33. The molecule has 0 bridgehead atoms. The summed E-state index contributed by atoms with van der Waals surface area (Å²) in [6, 6.07) is 16.3. The van der Waals surface area contributed by atoms with E-state index in [1.165, 1.54) is 0 Å². The van der Waals surface area contributed by atoms with Crippen LogP contribution in [-0.4, -0.2) is 17.8 Å². The molecule has 0 aliphatic heterocycles. The van der Waals surface area contributed by atoms with E-state index in [0.717, 1.165) is 29.2 Å². The van der Waals surface area contributed by atoms with Crippen molar-refractivity contribution in [2.24, 2.45) is 0 Å². The summed E-state index contributed by atoms with van der Waals surface area (Å²) in [5, 5.41) is 12.6. The summed E-state index contributed by atoms with van der Waals surface area (Å²) >= 11 is 0. The second-order valence-corrected chi connectivity index (χ2v) is 5.33. The molecule has 3 heteroatoms. The fourth-order valence-electron chi connectivity index (χ4n) is 2.11. The van der Waals surface area contributed by atoms with E-state index in [1.54, 1.807) is 0 Å². The summed E-state index contributed by atoms with van der Waals surface area (Å²) in [5.74, 6) is 1.67. The Hall–Kier alpha value is -1.84. The van der Waals surface area contributed by atoms with Gasteiger partial charge in [-0.05, 0) is 24.1 Å². The molecule has 0 aliphatic carbocycles. The highest BCUT2D eigenvalue weighted by molar-refractivity contribution is 5.41. The molecule has 0 aliphatic rings. The van der Waals surface area contributed by atoms with Crippen LogP contribution in [0.1, 0.15) is 25.0 Å². The van der Waals surface area contributed by atoms with Gasteiger partial charge >= 0.3 is 0 Å². The lowest BCUT2D eigenvalue weighted by molar-refractivity contribution is 0.298. The Morgan fingerprint density at radius 3 is 2.14 bits per heavy atom. The molecular formula is C18H23NO2. The number of aliphatic hydroxyl groups is 1. The normalized spacial score (nSPS) is 10.9. The van der Waals surface area contributed by atoms with Gasteiger partial charge in [-0.3, -0.25) is 0 Å². The van der Waals surface area contributed by atoms with Gasteiger partial charge in [0.2, 0.25) is 0 Å². The van der Waals surface area contributed by atoms with Crippen molar-refractivity contribution in [1.82, 2.24) is 5.32 Å². The molecule has 0 saturated heterocycles. The van der Waals surface area contributed by atoms with Gasteiger partial charge in [0.05, 0.1) is 0 Å². The fourth-order valence-corrected chi connectivity index (χ4v) is 2.11. The van der Waals surface area contributed by atoms with Crippen molar-refractivity contribution >= 4 is 0 Å². The summed E-state index contributed by atoms with van der Waals surface area (Å²) in [4.78, 5) is 0. The van der Waals surface area contributed by atoms with Crippen LogP contribution in [0, 0.1) is 0 Å². The first-order valence-corrected chi connectivity index (χ1v) is 7.38. The van der Waals surface area contributed by atoms with Crippen LogP contribution < -0.4 is 10.1 Å². The predicted octanol–water partition coefficient (Wildman–Crippen LogP) is 3.51. The quantitative estimate of drug-likeness (QED) is 0.818. The highest BCUT2D eigenvalue weighted by atomic mass is 16.5. The average molecular weight is 285 g/mol. The smallest absolute Gasteiger partial charge is 0.131 e. The Morgan fingerprint density at radius 2 is 1.52 bits per heavy atom. The zero-order chi connectivity index (χ0) is 15.1. The number of hydrogen-bond acceptors (Lipinski definition) is 3. The maximum Gasteiger partial charge on any atom is 0.131 e. The predicted molar refractivity (Wildman–Crippen MR) is 85.7 cm³/mol. The number of ether oxygens (including phenoxy) is 1. The first-order chi connectivity index (χ1) is 10.2. The van der Waals surface area contributed by atoms with Gasteiger partial charge in [-0.15, -0.1) is 0 Å². The number of hydrogen-bond donors (Lipinski definition) is 2. The van der Waals surface area contributed by atoms with E-state index in [4.69, 9.17) is 9.84 Å². The van der Waals surface area contributed by atoms with Gasteiger partial charge in [-0.2, -0.15) is 0 Å². The minimum absolute atomic E-state index is 0.122. The monoisotopic (exact) mass is 285 g/mol. The highest BCUT2D eigenvalue weighted by Crippen LogP contribution is 2.28. The molecule has 0 radical (unpaired) electrons. The Balaban J connectivity index is 2.19. The lowest BCUT2D eigenvalue weighted by Crippen LogP contribution is -2.22. The van der Waals surface area contributed by atoms with Gasteiger partial charge in [0.1, 0.15) is 11.5 Å². The van der Waals surface area contributed by atoms with Crippen LogP contribution >= 0.6 is 0 Å². The lowest BCUT2D eigenvalue weighted by Gasteiger charge is -2.15. The molecule has 0 fully saturated rings. The molecule has 2 aromatic carbocycles. The molecule has 2 N–H and O–H groups in total. The molecule has 21 heavy (non-hydrogen) atoms. The zero-order valence-corrected chi connectivity index (χ0v) is 12.7. The minimum atomic E-state index is 0.122. The van der Waals surface area contributed by atoms with E-state index in [0.29, 0.717) is 12.5 Å². The third-order valence-electron chi connectivity index (χ3n) is 3.25. The van der Waals surface area contributed by atoms with Crippen LogP contribution in [0.15, 0.2) is 48.5 Å². The Kier molecular flexibility index (Phi) is 5.78. The van der Waals surface area contributed by atoms with Crippen LogP contribution in [0.3, 0.4) is 0 Å². The SMILES string of the molecule is CC(C)NCc1ccccc1Oc1ccccc1CCO. The van der Waals surface area contributed by atoms with Crippen molar-refractivity contribution in [2.75, 3.05) is 6.61 Å². The van der Waals surface area contributed by atoms with Gasteiger partial charge < -0.3 is 15.2 Å². The van der Waals surface area contributed by atoms with Gasteiger partial charge in [0, 0.05) is 24.8 Å². The molecule has 3 nitrogen and oxygen atoms in total. The highest BCUT2D eigenvalue weighted by Gasteiger charge is 2.08. The number of nitrogens with one attached hydrogen (secondary N) is 1. The molecule has 0 amide bonds. The van der Waals surface area contributed by atoms with Crippen LogP contribution in [0.2, 0.25) is 0 Å². The molecule has 0 saturated carbocycles. The minimum Gasteiger partial charge on any atom is -0.457 e. The summed E-state index contributed by atoms with van der Waals surface area (Å²) in [7, 11) is 0. The topological polar surface area (TPSA) is 41.5 Å². The van der Waals surface area contributed by atoms with Crippen LogP contribution in [-0.2, 0) is 13.0 Å². The standard InChI is InChI=1S/C18H23NO2/c1-14(2)19-13-16-8-4-6-10-18(16)21-17-9-5-3-7-15(17)11-12-20/h3-10,14,19-20H,11-13H2,1-2H3. The van der Waals surface area contributed by atoms with Crippen molar-refractivity contribution in [3.8, 4) is 11.5 Å². The summed E-state index contributed by atoms with van der Waals surface area (Å²) < 4.78 is 6.07. The van der Waals surface area contributed by atoms with E-state index >= 15 is 0 Å². The van der Waals surface area contributed by atoms with Gasteiger partial charge in [-0.25, -0.2) is 0 Å². The second kappa shape index (κ2) is 7.81. The van der Waals surface area contributed by atoms with Gasteiger partial charge in [0.15, 0.2) is 0 Å². The largest absolute Gasteiger partial charge is 0.457 e. The van der Waals surface area contributed by atoms with Crippen LogP contribution in [0.25, 0.3) is 0 Å². The van der Waals surface area contributed by atoms with Crippen molar-refractivity contribution in [3.05, 3.63) is 59.7 Å². The van der Waals surface area contributed by atoms with E-state index in [2.05, 4.69) is 25.2 Å². The molecular weight excluding hydrogens is 262 g/mol. The van der Waals surface area contributed by atoms with Crippen molar-refractivity contribution < 1.29 is 9.84 Å². The fraction of sp³-hybridized carbons (Fsp3) is 0.333. The molecule has 2 rings (SSSR count). The van der Waals surface area contributed by atoms with E-state index in [9.17, 15) is 0 Å². The van der Waals surface area contributed by atoms with Crippen LogP contribution in [0.5, 0.6) is 11.5 Å². The zero-order valence-electron chi connectivity index (χ0n) is 12.7. The molecule has 0 atom stereocenters. The maximum absolute atomic E-state index is 9.14. The average Bonchev–Trinajstić information content (AvgIpc) is 2.48. The molecule has 0 spiro atoms. The number of para-hydroxylation sites is 2. The third kappa shape index (κ3) is 4.59. The molecule has 0 heterocycles. The number of benzene rings is 2.